The molecule has 0 aliphatic carbocycles. The highest BCUT2D eigenvalue weighted by atomic mass is 79.9. The molecule has 0 aromatic carbocycles. The van der Waals surface area contributed by atoms with Gasteiger partial charge in [0.05, 0.1) is 9.50 Å². The fourth-order valence-corrected chi connectivity index (χ4v) is 3.75. The van der Waals surface area contributed by atoms with E-state index in [-0.39, 0.29) is 6.03 Å². The molecular weight excluding hydrogens is 344 g/mol. The minimum absolute atomic E-state index is 0.0780. The SMILES string of the molecule is O=C1NCCN1C1CCN(c2ncc(Cl)cc2Br)CC1. The van der Waals surface area contributed by atoms with Crippen molar-refractivity contribution in [2.75, 3.05) is 31.1 Å². The minimum atomic E-state index is 0.0780. The molecule has 3 rings (SSSR count). The van der Waals surface area contributed by atoms with Gasteiger partial charge in [0.2, 0.25) is 0 Å². The Kier molecular flexibility index (Phi) is 4.03. The van der Waals surface area contributed by atoms with Crippen molar-refractivity contribution in [1.29, 1.82) is 0 Å². The van der Waals surface area contributed by atoms with Gasteiger partial charge in [-0.2, -0.15) is 0 Å². The van der Waals surface area contributed by atoms with Crippen LogP contribution in [0.2, 0.25) is 5.02 Å². The van der Waals surface area contributed by atoms with Crippen molar-refractivity contribution in [2.45, 2.75) is 18.9 Å². The van der Waals surface area contributed by atoms with Gasteiger partial charge < -0.3 is 15.1 Å². The van der Waals surface area contributed by atoms with Crippen molar-refractivity contribution >= 4 is 39.4 Å². The van der Waals surface area contributed by atoms with Gasteiger partial charge in [-0.1, -0.05) is 11.6 Å². The van der Waals surface area contributed by atoms with Gasteiger partial charge >= 0.3 is 6.03 Å². The number of carbonyl (C=O) groups is 1. The summed E-state index contributed by atoms with van der Waals surface area (Å²) in [5, 5.41) is 3.49. The van der Waals surface area contributed by atoms with Crippen LogP contribution in [0.15, 0.2) is 16.7 Å². The molecular formula is C13H16BrClN4O. The molecule has 5 nitrogen and oxygen atoms in total. The number of hydrogen-bond donors (Lipinski definition) is 1. The summed E-state index contributed by atoms with van der Waals surface area (Å²) in [6.45, 7) is 3.40. The molecule has 3 heterocycles. The van der Waals surface area contributed by atoms with E-state index in [9.17, 15) is 4.79 Å². The van der Waals surface area contributed by atoms with Gasteiger partial charge in [0, 0.05) is 38.4 Å². The number of hydrogen-bond acceptors (Lipinski definition) is 3. The van der Waals surface area contributed by atoms with E-state index in [2.05, 4.69) is 31.1 Å². The summed E-state index contributed by atoms with van der Waals surface area (Å²) in [6, 6.07) is 2.29. The number of aromatic nitrogens is 1. The number of rotatable bonds is 2. The number of pyridine rings is 1. The Labute approximate surface area is 131 Å². The molecule has 0 spiro atoms. The zero-order valence-corrected chi connectivity index (χ0v) is 13.3. The lowest BCUT2D eigenvalue weighted by atomic mass is 10.0. The molecule has 2 saturated heterocycles. The number of nitrogens with zero attached hydrogens (tertiary/aromatic N) is 3. The molecule has 0 atom stereocenters. The molecule has 0 radical (unpaired) electrons. The van der Waals surface area contributed by atoms with Crippen LogP contribution in [0.5, 0.6) is 0 Å². The first-order valence-corrected chi connectivity index (χ1v) is 7.93. The van der Waals surface area contributed by atoms with E-state index in [1.165, 1.54) is 0 Å². The second kappa shape index (κ2) is 5.77. The topological polar surface area (TPSA) is 48.5 Å². The van der Waals surface area contributed by atoms with Gasteiger partial charge in [0.25, 0.3) is 0 Å². The molecule has 1 aromatic heterocycles. The first kappa shape index (κ1) is 13.9. The molecule has 1 aromatic rings. The molecule has 0 unspecified atom stereocenters. The lowest BCUT2D eigenvalue weighted by Crippen LogP contribution is -2.46. The number of urea groups is 1. The van der Waals surface area contributed by atoms with Crippen molar-refractivity contribution < 1.29 is 4.79 Å². The van der Waals surface area contributed by atoms with Crippen molar-refractivity contribution in [3.63, 3.8) is 0 Å². The Morgan fingerprint density at radius 1 is 1.35 bits per heavy atom. The fraction of sp³-hybridized carbons (Fsp3) is 0.538. The van der Waals surface area contributed by atoms with Crippen LogP contribution >= 0.6 is 27.5 Å². The third kappa shape index (κ3) is 2.72. The van der Waals surface area contributed by atoms with Crippen LogP contribution in [0.25, 0.3) is 0 Å². The van der Waals surface area contributed by atoms with Crippen LogP contribution in [-0.4, -0.2) is 48.1 Å². The zero-order chi connectivity index (χ0) is 14.1. The molecule has 20 heavy (non-hydrogen) atoms. The third-order valence-electron chi connectivity index (χ3n) is 3.88. The van der Waals surface area contributed by atoms with E-state index in [1.54, 1.807) is 6.20 Å². The maximum absolute atomic E-state index is 11.7. The molecule has 2 aliphatic heterocycles. The summed E-state index contributed by atoms with van der Waals surface area (Å²) >= 11 is 9.43. The Hall–Kier alpha value is -1.01. The Balaban J connectivity index is 1.65. The largest absolute Gasteiger partial charge is 0.356 e. The predicted molar refractivity (Wildman–Crippen MR) is 82.3 cm³/mol. The quantitative estimate of drug-likeness (QED) is 0.882. The number of amides is 2. The molecule has 2 amide bonds. The van der Waals surface area contributed by atoms with Gasteiger partial charge in [-0.15, -0.1) is 0 Å². The first-order chi connectivity index (χ1) is 9.65. The summed E-state index contributed by atoms with van der Waals surface area (Å²) in [5.74, 6) is 0.929. The molecule has 7 heteroatoms. The first-order valence-electron chi connectivity index (χ1n) is 6.75. The minimum Gasteiger partial charge on any atom is -0.356 e. The lowest BCUT2D eigenvalue weighted by molar-refractivity contribution is 0.186. The molecule has 2 aliphatic rings. The van der Waals surface area contributed by atoms with Crippen LogP contribution < -0.4 is 10.2 Å². The summed E-state index contributed by atoms with van der Waals surface area (Å²) in [5.41, 5.74) is 0. The van der Waals surface area contributed by atoms with Gasteiger partial charge in [-0.25, -0.2) is 9.78 Å². The van der Waals surface area contributed by atoms with E-state index in [1.807, 2.05) is 11.0 Å². The van der Waals surface area contributed by atoms with Crippen LogP contribution in [0, 0.1) is 0 Å². The van der Waals surface area contributed by atoms with Gasteiger partial charge in [0.15, 0.2) is 0 Å². The molecule has 2 fully saturated rings. The van der Waals surface area contributed by atoms with Crippen LogP contribution in [0.4, 0.5) is 10.6 Å². The van der Waals surface area contributed by atoms with Crippen molar-refractivity contribution in [3.05, 3.63) is 21.8 Å². The van der Waals surface area contributed by atoms with Gasteiger partial charge in [0.1, 0.15) is 5.82 Å². The Bertz CT molecular complexity index is 519. The van der Waals surface area contributed by atoms with Gasteiger partial charge in [-0.05, 0) is 34.8 Å². The highest BCUT2D eigenvalue weighted by molar-refractivity contribution is 9.10. The maximum Gasteiger partial charge on any atom is 0.317 e. The monoisotopic (exact) mass is 358 g/mol. The van der Waals surface area contributed by atoms with Crippen LogP contribution in [-0.2, 0) is 0 Å². The van der Waals surface area contributed by atoms with E-state index < -0.39 is 0 Å². The van der Waals surface area contributed by atoms with Crippen molar-refractivity contribution in [1.82, 2.24) is 15.2 Å². The van der Waals surface area contributed by atoms with Gasteiger partial charge in [-0.3, -0.25) is 0 Å². The Morgan fingerprint density at radius 2 is 2.10 bits per heavy atom. The van der Waals surface area contributed by atoms with E-state index >= 15 is 0 Å². The Morgan fingerprint density at radius 3 is 2.70 bits per heavy atom. The summed E-state index contributed by atoms with van der Waals surface area (Å²) in [7, 11) is 0. The lowest BCUT2D eigenvalue weighted by Gasteiger charge is -2.37. The summed E-state index contributed by atoms with van der Waals surface area (Å²) in [4.78, 5) is 20.3. The fourth-order valence-electron chi connectivity index (χ4n) is 2.86. The summed E-state index contributed by atoms with van der Waals surface area (Å²) in [6.07, 6.45) is 3.62. The number of anilines is 1. The smallest absolute Gasteiger partial charge is 0.317 e. The zero-order valence-electron chi connectivity index (χ0n) is 11.0. The average Bonchev–Trinajstić information content (AvgIpc) is 2.85. The van der Waals surface area contributed by atoms with Crippen molar-refractivity contribution in [2.24, 2.45) is 0 Å². The van der Waals surface area contributed by atoms with Crippen LogP contribution in [0.1, 0.15) is 12.8 Å². The van der Waals surface area contributed by atoms with E-state index in [0.29, 0.717) is 11.1 Å². The molecule has 0 bridgehead atoms. The molecule has 108 valence electrons. The van der Waals surface area contributed by atoms with Crippen LogP contribution in [0.3, 0.4) is 0 Å². The second-order valence-electron chi connectivity index (χ2n) is 5.10. The summed E-state index contributed by atoms with van der Waals surface area (Å²) < 4.78 is 0.919. The standard InChI is InChI=1S/C13H16BrClN4O/c14-11-7-9(15)8-17-12(11)18-4-1-10(2-5-18)19-6-3-16-13(19)20/h7-8,10H,1-6H2,(H,16,20). The highest BCUT2D eigenvalue weighted by Gasteiger charge is 2.31. The number of halogens is 2. The number of nitrogens with one attached hydrogen (secondary N) is 1. The number of piperidine rings is 1. The molecule has 0 saturated carbocycles. The maximum atomic E-state index is 11.7. The molecule has 1 N–H and O–H groups in total. The predicted octanol–water partition coefficient (Wildman–Crippen LogP) is 2.49. The number of carbonyl (C=O) groups excluding carboxylic acids is 1. The van der Waals surface area contributed by atoms with Crippen molar-refractivity contribution in [3.8, 4) is 0 Å². The highest BCUT2D eigenvalue weighted by Crippen LogP contribution is 2.29. The second-order valence-corrected chi connectivity index (χ2v) is 6.39. The normalized spacial score (nSPS) is 20.4. The average molecular weight is 360 g/mol. The third-order valence-corrected chi connectivity index (χ3v) is 4.67. The van der Waals surface area contributed by atoms with E-state index in [0.717, 1.165) is 49.3 Å². The van der Waals surface area contributed by atoms with E-state index in [4.69, 9.17) is 11.6 Å².